The fraction of sp³-hybridized carbons (Fsp3) is 0.697. The number of Topliss-reactive ketones (excluding diaryl/α,β-unsaturated/α-hetero) is 2. The number of nitrogens with one attached hydrogen (secondary N) is 2. The van der Waals surface area contributed by atoms with Crippen LogP contribution in [-0.4, -0.2) is 108 Å². The normalized spacial score (nSPS) is 21.3. The molecule has 45 heavy (non-hydrogen) atoms. The molecule has 12 nitrogen and oxygen atoms in total. The lowest BCUT2D eigenvalue weighted by Gasteiger charge is -2.44. The summed E-state index contributed by atoms with van der Waals surface area (Å²) in [5, 5.41) is 6.02. The van der Waals surface area contributed by atoms with Crippen molar-refractivity contribution in [3.8, 4) is 0 Å². The van der Waals surface area contributed by atoms with Gasteiger partial charge in [0, 0.05) is 38.9 Å². The van der Waals surface area contributed by atoms with Crippen molar-refractivity contribution in [3.63, 3.8) is 0 Å². The van der Waals surface area contributed by atoms with Crippen molar-refractivity contribution in [2.75, 3.05) is 65.9 Å². The Kier molecular flexibility index (Phi) is 19.4. The molecule has 0 bridgehead atoms. The van der Waals surface area contributed by atoms with Crippen molar-refractivity contribution in [3.05, 3.63) is 35.9 Å². The van der Waals surface area contributed by atoms with Crippen molar-refractivity contribution >= 4 is 23.4 Å². The lowest BCUT2D eigenvalue weighted by atomic mass is 9.82. The minimum Gasteiger partial charge on any atom is -0.463 e. The predicted octanol–water partition coefficient (Wildman–Crippen LogP) is 2.72. The van der Waals surface area contributed by atoms with E-state index >= 15 is 0 Å². The number of carbonyl (C=O) groups is 4. The second-order valence-electron chi connectivity index (χ2n) is 11.2. The van der Waals surface area contributed by atoms with Crippen LogP contribution in [0, 0.1) is 11.8 Å². The number of ketones is 2. The van der Waals surface area contributed by atoms with Crippen LogP contribution in [0.3, 0.4) is 0 Å². The number of hydrogen-bond donors (Lipinski definition) is 2. The van der Waals surface area contributed by atoms with Crippen LogP contribution in [0.2, 0.25) is 0 Å². The van der Waals surface area contributed by atoms with E-state index in [1.165, 1.54) is 13.8 Å². The molecule has 5 unspecified atom stereocenters. The molecule has 1 aliphatic rings. The third kappa shape index (κ3) is 16.4. The highest BCUT2D eigenvalue weighted by molar-refractivity contribution is 5.97. The second kappa shape index (κ2) is 22.7. The molecular formula is C33H52N2O10. The minimum atomic E-state index is -0.688. The zero-order valence-corrected chi connectivity index (χ0v) is 27.3. The van der Waals surface area contributed by atoms with Crippen molar-refractivity contribution in [1.82, 2.24) is 10.6 Å². The van der Waals surface area contributed by atoms with Gasteiger partial charge >= 0.3 is 5.97 Å². The van der Waals surface area contributed by atoms with Gasteiger partial charge in [0.15, 0.2) is 12.1 Å². The van der Waals surface area contributed by atoms with Crippen molar-refractivity contribution in [2.45, 2.75) is 71.8 Å². The standard InChI is InChI=1S/C33H52N2O10/c1-24-25(2)32(35-26(3)36)33(45-31(24)23-44-27(4)37)43-21-20-42-19-18-41-17-16-40-15-9-13-29(38)12-8-14-34-22-30(39)28-10-6-5-7-11-28/h5-7,10-11,24-25,31-34H,8-9,12-23H2,1-4H3,(H,35,36). The van der Waals surface area contributed by atoms with Gasteiger partial charge in [0.1, 0.15) is 12.4 Å². The van der Waals surface area contributed by atoms with E-state index in [1.807, 2.05) is 32.0 Å². The number of hydrogen-bond acceptors (Lipinski definition) is 11. The van der Waals surface area contributed by atoms with Crippen molar-refractivity contribution in [1.29, 1.82) is 0 Å². The summed E-state index contributed by atoms with van der Waals surface area (Å²) in [5.41, 5.74) is 0.685. The molecule has 0 spiro atoms. The molecule has 2 rings (SSSR count). The van der Waals surface area contributed by atoms with Crippen LogP contribution in [0.4, 0.5) is 0 Å². The van der Waals surface area contributed by atoms with Crippen LogP contribution >= 0.6 is 0 Å². The summed E-state index contributed by atoms with van der Waals surface area (Å²) >= 11 is 0. The Balaban J connectivity index is 1.43. The second-order valence-corrected chi connectivity index (χ2v) is 11.2. The first-order chi connectivity index (χ1) is 21.7. The third-order valence-corrected chi connectivity index (χ3v) is 7.59. The van der Waals surface area contributed by atoms with E-state index in [0.717, 1.165) is 0 Å². The number of benzene rings is 1. The van der Waals surface area contributed by atoms with Gasteiger partial charge < -0.3 is 39.1 Å². The molecule has 254 valence electrons. The molecule has 0 radical (unpaired) electrons. The summed E-state index contributed by atoms with van der Waals surface area (Å²) < 4.78 is 33.8. The van der Waals surface area contributed by atoms with E-state index in [1.54, 1.807) is 12.1 Å². The Bertz CT molecular complexity index is 1010. The molecule has 0 saturated carbocycles. The molecule has 5 atom stereocenters. The first-order valence-corrected chi connectivity index (χ1v) is 15.9. The zero-order valence-electron chi connectivity index (χ0n) is 27.3. The van der Waals surface area contributed by atoms with Gasteiger partial charge in [-0.05, 0) is 31.2 Å². The van der Waals surface area contributed by atoms with Gasteiger partial charge in [-0.25, -0.2) is 0 Å². The van der Waals surface area contributed by atoms with E-state index in [9.17, 15) is 19.2 Å². The maximum Gasteiger partial charge on any atom is 0.302 e. The molecule has 1 heterocycles. The summed E-state index contributed by atoms with van der Waals surface area (Å²) in [5.74, 6) is -0.219. The quantitative estimate of drug-likeness (QED) is 0.0981. The maximum absolute atomic E-state index is 12.0. The molecule has 1 aromatic rings. The average Bonchev–Trinajstić information content (AvgIpc) is 3.01. The Morgan fingerprint density at radius 3 is 2.07 bits per heavy atom. The lowest BCUT2D eigenvalue weighted by molar-refractivity contribution is -0.247. The molecule has 1 aromatic carbocycles. The van der Waals surface area contributed by atoms with Crippen LogP contribution in [0.5, 0.6) is 0 Å². The first kappa shape index (κ1) is 38.4. The van der Waals surface area contributed by atoms with Crippen LogP contribution < -0.4 is 10.6 Å². The van der Waals surface area contributed by atoms with E-state index in [2.05, 4.69) is 10.6 Å². The van der Waals surface area contributed by atoms with E-state index in [-0.39, 0.29) is 67.2 Å². The van der Waals surface area contributed by atoms with Gasteiger partial charge in [-0.1, -0.05) is 44.2 Å². The molecule has 1 fully saturated rings. The van der Waals surface area contributed by atoms with Gasteiger partial charge in [0.2, 0.25) is 5.91 Å². The summed E-state index contributed by atoms with van der Waals surface area (Å²) in [6.07, 6.45) is 1.30. The van der Waals surface area contributed by atoms with Gasteiger partial charge in [-0.15, -0.1) is 0 Å². The maximum atomic E-state index is 12.0. The topological polar surface area (TPSA) is 148 Å². The molecule has 1 amide bonds. The number of ether oxygens (including phenoxy) is 6. The van der Waals surface area contributed by atoms with Crippen LogP contribution in [-0.2, 0) is 42.8 Å². The zero-order chi connectivity index (χ0) is 32.9. The molecule has 12 heteroatoms. The summed E-state index contributed by atoms with van der Waals surface area (Å²) in [6, 6.07) is 8.81. The number of rotatable bonds is 24. The van der Waals surface area contributed by atoms with E-state index in [0.29, 0.717) is 77.4 Å². The van der Waals surface area contributed by atoms with E-state index in [4.69, 9.17) is 28.4 Å². The molecular weight excluding hydrogens is 584 g/mol. The monoisotopic (exact) mass is 636 g/mol. The molecule has 0 aromatic heterocycles. The summed E-state index contributed by atoms with van der Waals surface area (Å²) in [6.45, 7) is 10.6. The van der Waals surface area contributed by atoms with Gasteiger partial charge in [-0.2, -0.15) is 0 Å². The largest absolute Gasteiger partial charge is 0.463 e. The van der Waals surface area contributed by atoms with Crippen LogP contribution in [0.1, 0.15) is 63.7 Å². The minimum absolute atomic E-state index is 0.0438. The van der Waals surface area contributed by atoms with Crippen LogP contribution in [0.15, 0.2) is 30.3 Å². The van der Waals surface area contributed by atoms with Gasteiger partial charge in [-0.3, -0.25) is 19.2 Å². The first-order valence-electron chi connectivity index (χ1n) is 15.9. The molecule has 1 saturated heterocycles. The fourth-order valence-corrected chi connectivity index (χ4v) is 4.86. The highest BCUT2D eigenvalue weighted by Gasteiger charge is 2.42. The highest BCUT2D eigenvalue weighted by Crippen LogP contribution is 2.31. The Labute approximate surface area is 267 Å². The molecule has 0 aliphatic carbocycles. The SMILES string of the molecule is CC(=O)NC1C(OCCOCCOCCOCCCC(=O)CCCNCC(=O)c2ccccc2)OC(COC(C)=O)C(C)C1C. The van der Waals surface area contributed by atoms with Crippen molar-refractivity contribution < 1.29 is 47.6 Å². The number of esters is 1. The molecule has 1 aliphatic heterocycles. The van der Waals surface area contributed by atoms with Gasteiger partial charge in [0.25, 0.3) is 0 Å². The Morgan fingerprint density at radius 2 is 1.42 bits per heavy atom. The molecule has 2 N–H and O–H groups in total. The smallest absolute Gasteiger partial charge is 0.302 e. The Morgan fingerprint density at radius 1 is 0.800 bits per heavy atom. The van der Waals surface area contributed by atoms with Crippen molar-refractivity contribution in [2.24, 2.45) is 11.8 Å². The van der Waals surface area contributed by atoms with E-state index < -0.39 is 6.29 Å². The number of amides is 1. The van der Waals surface area contributed by atoms with Gasteiger partial charge in [0.05, 0.1) is 58.3 Å². The summed E-state index contributed by atoms with van der Waals surface area (Å²) in [7, 11) is 0. The van der Waals surface area contributed by atoms with Crippen LogP contribution in [0.25, 0.3) is 0 Å². The fourth-order valence-electron chi connectivity index (χ4n) is 4.86. The average molecular weight is 637 g/mol. The summed E-state index contributed by atoms with van der Waals surface area (Å²) in [4.78, 5) is 47.1. The Hall–Kier alpha value is -2.74. The lowest BCUT2D eigenvalue weighted by Crippen LogP contribution is -2.58. The predicted molar refractivity (Wildman–Crippen MR) is 167 cm³/mol. The highest BCUT2D eigenvalue weighted by atomic mass is 16.7. The number of carbonyl (C=O) groups excluding carboxylic acids is 4. The third-order valence-electron chi connectivity index (χ3n) is 7.59.